The molecule has 0 saturated heterocycles. The molecule has 1 aromatic carbocycles. The van der Waals surface area contributed by atoms with Gasteiger partial charge in [-0.15, -0.1) is 0 Å². The monoisotopic (exact) mass is 305 g/mol. The zero-order valence-corrected chi connectivity index (χ0v) is 11.1. The van der Waals surface area contributed by atoms with E-state index in [0.717, 1.165) is 0 Å². The number of aliphatic hydroxyl groups excluding tert-OH is 5. The lowest BCUT2D eigenvalue weighted by molar-refractivity contribution is -0.144. The second kappa shape index (κ2) is 7.53. The summed E-state index contributed by atoms with van der Waals surface area (Å²) in [4.78, 5) is 11.7. The highest BCUT2D eigenvalue weighted by Gasteiger charge is 2.34. The fourth-order valence-electron chi connectivity index (χ4n) is 1.45. The smallest absolute Gasteiger partial charge is 0.256 e. The average Bonchev–Trinajstić information content (AvgIpc) is 2.46. The second-order valence-electron chi connectivity index (χ2n) is 4.15. The molecule has 0 aliphatic heterocycles. The predicted molar refractivity (Wildman–Crippen MR) is 71.2 cm³/mol. The molecule has 0 aliphatic carbocycles. The molecule has 1 amide bonds. The molecule has 0 saturated carbocycles. The van der Waals surface area contributed by atoms with Gasteiger partial charge in [-0.3, -0.25) is 4.79 Å². The average molecular weight is 306 g/mol. The number of carbonyl (C=O) groups excluding carboxylic acids is 1. The summed E-state index contributed by atoms with van der Waals surface area (Å²) in [6.07, 6.45) is -7.50. The molecule has 0 aromatic heterocycles. The number of aliphatic hydroxyl groups is 5. The highest BCUT2D eigenvalue weighted by atomic mass is 35.5. The maximum absolute atomic E-state index is 11.7. The number of anilines is 1. The highest BCUT2D eigenvalue weighted by molar-refractivity contribution is 6.33. The number of rotatable bonds is 6. The molecule has 0 spiro atoms. The van der Waals surface area contributed by atoms with Crippen LogP contribution in [0.1, 0.15) is 0 Å². The van der Waals surface area contributed by atoms with Gasteiger partial charge < -0.3 is 30.8 Å². The van der Waals surface area contributed by atoms with Crippen LogP contribution in [0.5, 0.6) is 0 Å². The summed E-state index contributed by atoms with van der Waals surface area (Å²) in [6.45, 7) is -0.822. The maximum atomic E-state index is 11.7. The summed E-state index contributed by atoms with van der Waals surface area (Å²) in [5.41, 5.74) is 0.225. The van der Waals surface area contributed by atoms with Crippen LogP contribution >= 0.6 is 11.6 Å². The highest BCUT2D eigenvalue weighted by Crippen LogP contribution is 2.21. The van der Waals surface area contributed by atoms with E-state index in [1.165, 1.54) is 12.1 Å². The number of amides is 1. The van der Waals surface area contributed by atoms with Crippen LogP contribution in [-0.2, 0) is 4.79 Å². The first kappa shape index (κ1) is 16.8. The number of nitrogens with one attached hydrogen (secondary N) is 1. The SMILES string of the molecule is O=C(Nc1ccccc1Cl)[C@H](O)[C@@H](O)[C@H](O)[C@H](O)CO. The minimum Gasteiger partial charge on any atom is -0.394 e. The molecule has 112 valence electrons. The van der Waals surface area contributed by atoms with E-state index in [4.69, 9.17) is 21.8 Å². The minimum absolute atomic E-state index is 0.225. The van der Waals surface area contributed by atoms with E-state index >= 15 is 0 Å². The molecule has 7 nitrogen and oxygen atoms in total. The molecule has 0 radical (unpaired) electrons. The molecule has 0 bridgehead atoms. The van der Waals surface area contributed by atoms with E-state index in [0.29, 0.717) is 0 Å². The number of hydrogen-bond acceptors (Lipinski definition) is 6. The van der Waals surface area contributed by atoms with Crippen LogP contribution in [0.15, 0.2) is 24.3 Å². The lowest BCUT2D eigenvalue weighted by Crippen LogP contribution is -2.50. The molecular formula is C12H16ClNO6. The first-order valence-corrected chi connectivity index (χ1v) is 6.14. The van der Waals surface area contributed by atoms with Gasteiger partial charge in [0, 0.05) is 0 Å². The van der Waals surface area contributed by atoms with Crippen LogP contribution in [0.3, 0.4) is 0 Å². The van der Waals surface area contributed by atoms with Crippen LogP contribution in [-0.4, -0.2) is 62.5 Å². The molecule has 0 aliphatic rings. The van der Waals surface area contributed by atoms with Gasteiger partial charge >= 0.3 is 0 Å². The first-order chi connectivity index (χ1) is 9.38. The molecule has 20 heavy (non-hydrogen) atoms. The molecular weight excluding hydrogens is 290 g/mol. The maximum Gasteiger partial charge on any atom is 0.256 e. The fourth-order valence-corrected chi connectivity index (χ4v) is 1.63. The Hall–Kier alpha value is -1.22. The summed E-state index contributed by atoms with van der Waals surface area (Å²) in [5, 5.41) is 48.8. The van der Waals surface area contributed by atoms with Crippen molar-refractivity contribution in [3.63, 3.8) is 0 Å². The van der Waals surface area contributed by atoms with Crippen molar-refractivity contribution in [1.82, 2.24) is 0 Å². The number of halogens is 1. The van der Waals surface area contributed by atoms with E-state index in [9.17, 15) is 20.1 Å². The number of carbonyl (C=O) groups is 1. The Morgan fingerprint density at radius 3 is 2.30 bits per heavy atom. The van der Waals surface area contributed by atoms with Gasteiger partial charge in [-0.25, -0.2) is 0 Å². The van der Waals surface area contributed by atoms with E-state index < -0.39 is 36.9 Å². The van der Waals surface area contributed by atoms with Crippen LogP contribution in [0.4, 0.5) is 5.69 Å². The number of hydrogen-bond donors (Lipinski definition) is 6. The van der Waals surface area contributed by atoms with Gasteiger partial charge in [-0.1, -0.05) is 23.7 Å². The Kier molecular flexibility index (Phi) is 6.34. The Morgan fingerprint density at radius 1 is 1.15 bits per heavy atom. The van der Waals surface area contributed by atoms with Crippen molar-refractivity contribution in [2.45, 2.75) is 24.4 Å². The predicted octanol–water partition coefficient (Wildman–Crippen LogP) is -1.29. The van der Waals surface area contributed by atoms with Crippen LogP contribution in [0.25, 0.3) is 0 Å². The first-order valence-electron chi connectivity index (χ1n) is 5.77. The van der Waals surface area contributed by atoms with Gasteiger partial charge in [0.15, 0.2) is 6.10 Å². The summed E-state index contributed by atoms with van der Waals surface area (Å²) in [5.74, 6) is -1.00. The third-order valence-electron chi connectivity index (χ3n) is 2.66. The summed E-state index contributed by atoms with van der Waals surface area (Å²) < 4.78 is 0. The van der Waals surface area contributed by atoms with Crippen molar-refractivity contribution < 1.29 is 30.3 Å². The van der Waals surface area contributed by atoms with E-state index in [1.54, 1.807) is 12.1 Å². The standard InChI is InChI=1S/C12H16ClNO6/c13-6-3-1-2-4-7(6)14-12(20)11(19)10(18)9(17)8(16)5-15/h1-4,8-11,15-19H,5H2,(H,14,20)/t8-,9-,10+,11-/m1/s1. The van der Waals surface area contributed by atoms with Crippen molar-refractivity contribution in [2.75, 3.05) is 11.9 Å². The van der Waals surface area contributed by atoms with Crippen LogP contribution < -0.4 is 5.32 Å². The summed E-state index contributed by atoms with van der Waals surface area (Å²) >= 11 is 5.81. The summed E-state index contributed by atoms with van der Waals surface area (Å²) in [7, 11) is 0. The van der Waals surface area contributed by atoms with Crippen molar-refractivity contribution in [3.05, 3.63) is 29.3 Å². The topological polar surface area (TPSA) is 130 Å². The van der Waals surface area contributed by atoms with Gasteiger partial charge in [-0.2, -0.15) is 0 Å². The molecule has 8 heteroatoms. The molecule has 0 heterocycles. The number of para-hydroxylation sites is 1. The summed E-state index contributed by atoms with van der Waals surface area (Å²) in [6, 6.07) is 6.25. The van der Waals surface area contributed by atoms with Crippen LogP contribution in [0, 0.1) is 0 Å². The largest absolute Gasteiger partial charge is 0.394 e. The van der Waals surface area contributed by atoms with Gasteiger partial charge in [0.1, 0.15) is 18.3 Å². The van der Waals surface area contributed by atoms with E-state index in [-0.39, 0.29) is 10.7 Å². The molecule has 1 rings (SSSR count). The third-order valence-corrected chi connectivity index (χ3v) is 2.98. The van der Waals surface area contributed by atoms with Crippen molar-refractivity contribution in [2.24, 2.45) is 0 Å². The van der Waals surface area contributed by atoms with Gasteiger partial charge in [0.2, 0.25) is 0 Å². The Labute approximate surface area is 120 Å². The van der Waals surface area contributed by atoms with Crippen molar-refractivity contribution in [3.8, 4) is 0 Å². The molecule has 6 N–H and O–H groups in total. The van der Waals surface area contributed by atoms with Gasteiger partial charge in [-0.05, 0) is 12.1 Å². The molecule has 0 unspecified atom stereocenters. The second-order valence-corrected chi connectivity index (χ2v) is 4.55. The van der Waals surface area contributed by atoms with Gasteiger partial charge in [0.25, 0.3) is 5.91 Å². The quantitative estimate of drug-likeness (QED) is 0.388. The third kappa shape index (κ3) is 4.14. The van der Waals surface area contributed by atoms with Gasteiger partial charge in [0.05, 0.1) is 17.3 Å². The Balaban J connectivity index is 2.70. The Morgan fingerprint density at radius 2 is 1.75 bits per heavy atom. The molecule has 4 atom stereocenters. The zero-order chi connectivity index (χ0) is 15.3. The Bertz CT molecular complexity index is 457. The molecule has 1 aromatic rings. The van der Waals surface area contributed by atoms with E-state index in [2.05, 4.69) is 5.32 Å². The van der Waals surface area contributed by atoms with E-state index in [1.807, 2.05) is 0 Å². The minimum atomic E-state index is -2.00. The zero-order valence-electron chi connectivity index (χ0n) is 10.3. The fraction of sp³-hybridized carbons (Fsp3) is 0.417. The molecule has 0 fully saturated rings. The number of benzene rings is 1. The van der Waals surface area contributed by atoms with Crippen LogP contribution in [0.2, 0.25) is 5.02 Å². The lowest BCUT2D eigenvalue weighted by Gasteiger charge is -2.25. The lowest BCUT2D eigenvalue weighted by atomic mass is 10.0. The van der Waals surface area contributed by atoms with Crippen molar-refractivity contribution in [1.29, 1.82) is 0 Å². The normalized spacial score (nSPS) is 17.1. The van der Waals surface area contributed by atoms with Crippen molar-refractivity contribution >= 4 is 23.2 Å².